The number of rotatable bonds is 2. The molecule has 5 nitrogen and oxygen atoms in total. The average molecular weight is 296 g/mol. The monoisotopic (exact) mass is 294 g/mol. The van der Waals surface area contributed by atoms with Crippen molar-refractivity contribution >= 4 is 33.5 Å². The Hall–Kier alpha value is -0.880. The van der Waals surface area contributed by atoms with Crippen molar-refractivity contribution in [3.8, 4) is 0 Å². The number of hydrogen-bond donors (Lipinski definition) is 0. The maximum absolute atomic E-state index is 11.4. The van der Waals surface area contributed by atoms with Crippen LogP contribution >= 0.6 is 27.5 Å². The van der Waals surface area contributed by atoms with E-state index in [9.17, 15) is 9.59 Å². The van der Waals surface area contributed by atoms with Crippen molar-refractivity contribution in [3.05, 3.63) is 25.5 Å². The van der Waals surface area contributed by atoms with Crippen LogP contribution in [0, 0.1) is 0 Å². The van der Waals surface area contributed by atoms with Crippen LogP contribution in [-0.2, 0) is 23.2 Å². The summed E-state index contributed by atoms with van der Waals surface area (Å²) in [5, 5.41) is 3.89. The van der Waals surface area contributed by atoms with Gasteiger partial charge in [0.25, 0.3) is 5.56 Å². The van der Waals surface area contributed by atoms with Crippen molar-refractivity contribution in [2.75, 3.05) is 0 Å². The minimum absolute atomic E-state index is 0.0716. The zero-order chi connectivity index (χ0) is 11.6. The number of hydrogen-bond acceptors (Lipinski definition) is 4. The summed E-state index contributed by atoms with van der Waals surface area (Å²) in [6.45, 7) is 1.20. The topological polar surface area (TPSA) is 61.2 Å². The minimum atomic E-state index is -0.446. The number of esters is 1. The number of nitrogens with zero attached hydrogens (tertiary/aromatic N) is 2. The third-order valence-electron chi connectivity index (χ3n) is 1.65. The summed E-state index contributed by atoms with van der Waals surface area (Å²) >= 11 is 8.88. The van der Waals surface area contributed by atoms with Gasteiger partial charge in [-0.15, -0.1) is 0 Å². The maximum Gasteiger partial charge on any atom is 0.302 e. The standard InChI is InChI=1S/C8H8BrClN2O3/c1-4(13)15-3-5-6(9)8(14)12(2)11-7(5)10/h3H2,1-2H3. The lowest BCUT2D eigenvalue weighted by molar-refractivity contribution is -0.142. The molecule has 0 atom stereocenters. The number of halogens is 2. The number of ether oxygens (including phenoxy) is 1. The minimum Gasteiger partial charge on any atom is -0.461 e. The van der Waals surface area contributed by atoms with Gasteiger partial charge in [-0.1, -0.05) is 11.6 Å². The Labute approximate surface area is 99.1 Å². The fourth-order valence-electron chi connectivity index (χ4n) is 0.896. The lowest BCUT2D eigenvalue weighted by Gasteiger charge is -2.07. The van der Waals surface area contributed by atoms with Crippen molar-refractivity contribution in [3.63, 3.8) is 0 Å². The lowest BCUT2D eigenvalue weighted by atomic mass is 10.3. The van der Waals surface area contributed by atoms with E-state index in [1.54, 1.807) is 0 Å². The first-order valence-electron chi connectivity index (χ1n) is 3.98. The van der Waals surface area contributed by atoms with E-state index in [2.05, 4.69) is 21.0 Å². The molecule has 0 aliphatic carbocycles. The van der Waals surface area contributed by atoms with Crippen LogP contribution in [0.5, 0.6) is 0 Å². The van der Waals surface area contributed by atoms with E-state index < -0.39 is 5.97 Å². The Morgan fingerprint density at radius 2 is 2.27 bits per heavy atom. The van der Waals surface area contributed by atoms with Crippen LogP contribution in [-0.4, -0.2) is 15.7 Å². The van der Waals surface area contributed by atoms with Crippen molar-refractivity contribution in [1.29, 1.82) is 0 Å². The van der Waals surface area contributed by atoms with Crippen LogP contribution in [0.15, 0.2) is 9.27 Å². The molecule has 0 spiro atoms. The van der Waals surface area contributed by atoms with Gasteiger partial charge in [0.2, 0.25) is 0 Å². The summed E-state index contributed by atoms with van der Waals surface area (Å²) in [6.07, 6.45) is 0. The summed E-state index contributed by atoms with van der Waals surface area (Å²) in [5.74, 6) is -0.446. The van der Waals surface area contributed by atoms with E-state index in [4.69, 9.17) is 16.3 Å². The molecule has 0 aromatic carbocycles. The highest BCUT2D eigenvalue weighted by Gasteiger charge is 2.13. The molecule has 0 fully saturated rings. The van der Waals surface area contributed by atoms with Crippen molar-refractivity contribution in [1.82, 2.24) is 9.78 Å². The molecule has 0 aliphatic heterocycles. The molecule has 0 unspecified atom stereocenters. The van der Waals surface area contributed by atoms with Crippen LogP contribution in [0.2, 0.25) is 5.15 Å². The van der Waals surface area contributed by atoms with Gasteiger partial charge >= 0.3 is 5.97 Å². The van der Waals surface area contributed by atoms with E-state index in [-0.39, 0.29) is 21.8 Å². The third-order valence-corrected chi connectivity index (χ3v) is 2.77. The molecule has 1 heterocycles. The predicted molar refractivity (Wildman–Crippen MR) is 57.7 cm³/mol. The molecule has 0 aliphatic rings. The second kappa shape index (κ2) is 4.76. The van der Waals surface area contributed by atoms with Gasteiger partial charge in [0.15, 0.2) is 5.15 Å². The average Bonchev–Trinajstić information content (AvgIpc) is 2.14. The molecular weight excluding hydrogens is 287 g/mol. The summed E-state index contributed by atoms with van der Waals surface area (Å²) < 4.78 is 6.10. The second-order valence-corrected chi connectivity index (χ2v) is 3.94. The molecule has 0 saturated heterocycles. The largest absolute Gasteiger partial charge is 0.461 e. The number of carbonyl (C=O) groups is 1. The zero-order valence-corrected chi connectivity index (χ0v) is 10.4. The van der Waals surface area contributed by atoms with Gasteiger partial charge in [0.05, 0.1) is 4.47 Å². The molecule has 82 valence electrons. The Morgan fingerprint density at radius 1 is 1.67 bits per heavy atom. The maximum atomic E-state index is 11.4. The highest BCUT2D eigenvalue weighted by molar-refractivity contribution is 9.10. The second-order valence-electron chi connectivity index (χ2n) is 2.79. The predicted octanol–water partition coefficient (Wildman–Crippen LogP) is 1.26. The molecule has 0 radical (unpaired) electrons. The van der Waals surface area contributed by atoms with Crippen molar-refractivity contribution < 1.29 is 9.53 Å². The first-order valence-corrected chi connectivity index (χ1v) is 5.15. The smallest absolute Gasteiger partial charge is 0.302 e. The first kappa shape index (κ1) is 12.2. The van der Waals surface area contributed by atoms with Crippen LogP contribution in [0.25, 0.3) is 0 Å². The summed E-state index contributed by atoms with van der Waals surface area (Å²) in [5.41, 5.74) is 0.0384. The zero-order valence-electron chi connectivity index (χ0n) is 8.08. The van der Waals surface area contributed by atoms with Gasteiger partial charge in [-0.05, 0) is 15.9 Å². The van der Waals surface area contributed by atoms with Crippen LogP contribution < -0.4 is 5.56 Å². The lowest BCUT2D eigenvalue weighted by Crippen LogP contribution is -2.22. The Balaban J connectivity index is 3.13. The Kier molecular flexibility index (Phi) is 3.87. The Bertz CT molecular complexity index is 458. The highest BCUT2D eigenvalue weighted by Crippen LogP contribution is 2.19. The highest BCUT2D eigenvalue weighted by atomic mass is 79.9. The van der Waals surface area contributed by atoms with E-state index in [0.29, 0.717) is 5.56 Å². The fraction of sp³-hybridized carbons (Fsp3) is 0.375. The molecular formula is C8H8BrClN2O3. The van der Waals surface area contributed by atoms with Crippen LogP contribution in [0.4, 0.5) is 0 Å². The molecule has 1 aromatic heterocycles. The van der Waals surface area contributed by atoms with E-state index in [1.165, 1.54) is 14.0 Å². The molecule has 15 heavy (non-hydrogen) atoms. The summed E-state index contributed by atoms with van der Waals surface area (Å²) in [7, 11) is 1.48. The van der Waals surface area contributed by atoms with Gasteiger partial charge in [0.1, 0.15) is 6.61 Å². The van der Waals surface area contributed by atoms with Gasteiger partial charge in [-0.25, -0.2) is 4.68 Å². The van der Waals surface area contributed by atoms with E-state index >= 15 is 0 Å². The molecule has 0 bridgehead atoms. The normalized spacial score (nSPS) is 10.1. The summed E-state index contributed by atoms with van der Waals surface area (Å²) in [4.78, 5) is 22.0. The first-order chi connectivity index (χ1) is 6.93. The van der Waals surface area contributed by atoms with E-state index in [0.717, 1.165) is 4.68 Å². The van der Waals surface area contributed by atoms with Gasteiger partial charge in [0, 0.05) is 19.5 Å². The van der Waals surface area contributed by atoms with Crippen molar-refractivity contribution in [2.45, 2.75) is 13.5 Å². The Morgan fingerprint density at radius 3 is 2.80 bits per heavy atom. The third kappa shape index (κ3) is 2.79. The molecule has 7 heteroatoms. The molecule has 0 amide bonds. The van der Waals surface area contributed by atoms with Crippen molar-refractivity contribution in [2.24, 2.45) is 7.05 Å². The van der Waals surface area contributed by atoms with E-state index in [1.807, 2.05) is 0 Å². The van der Waals surface area contributed by atoms with Gasteiger partial charge in [-0.3, -0.25) is 9.59 Å². The molecule has 0 N–H and O–H groups in total. The quantitative estimate of drug-likeness (QED) is 0.771. The summed E-state index contributed by atoms with van der Waals surface area (Å²) in [6, 6.07) is 0. The van der Waals surface area contributed by atoms with Gasteiger partial charge in [-0.2, -0.15) is 5.10 Å². The molecule has 0 saturated carbocycles. The van der Waals surface area contributed by atoms with Gasteiger partial charge < -0.3 is 4.74 Å². The van der Waals surface area contributed by atoms with Crippen LogP contribution in [0.1, 0.15) is 12.5 Å². The number of carbonyl (C=O) groups excluding carboxylic acids is 1. The van der Waals surface area contributed by atoms with Crippen LogP contribution in [0.3, 0.4) is 0 Å². The molecule has 1 rings (SSSR count). The number of aromatic nitrogens is 2. The SMILES string of the molecule is CC(=O)OCc1c(Cl)nn(C)c(=O)c1Br. The molecule has 1 aromatic rings. The number of aryl methyl sites for hydroxylation is 1. The fourth-order valence-corrected chi connectivity index (χ4v) is 1.83.